The number of carbonyl (C=O) groups is 1. The molecular formula is C13H14FN3O2S. The van der Waals surface area contributed by atoms with Crippen molar-refractivity contribution in [1.82, 2.24) is 5.16 Å². The van der Waals surface area contributed by atoms with Crippen LogP contribution in [0, 0.1) is 12.7 Å². The quantitative estimate of drug-likeness (QED) is 0.655. The third kappa shape index (κ3) is 3.99. The van der Waals surface area contributed by atoms with E-state index in [0.717, 1.165) is 4.90 Å². The van der Waals surface area contributed by atoms with Crippen molar-refractivity contribution in [3.05, 3.63) is 35.8 Å². The molecule has 0 saturated carbocycles. The van der Waals surface area contributed by atoms with E-state index in [1.54, 1.807) is 19.1 Å². The molecule has 7 heteroatoms. The van der Waals surface area contributed by atoms with Gasteiger partial charge >= 0.3 is 0 Å². The molecule has 20 heavy (non-hydrogen) atoms. The number of halogens is 1. The number of nitrogen functional groups attached to an aromatic ring is 1. The minimum absolute atomic E-state index is 0.119. The van der Waals surface area contributed by atoms with Gasteiger partial charge in [0.1, 0.15) is 11.6 Å². The van der Waals surface area contributed by atoms with Crippen LogP contribution in [-0.2, 0) is 4.79 Å². The van der Waals surface area contributed by atoms with E-state index in [0.29, 0.717) is 23.8 Å². The summed E-state index contributed by atoms with van der Waals surface area (Å²) < 4.78 is 18.1. The summed E-state index contributed by atoms with van der Waals surface area (Å²) in [5, 5.41) is 6.28. The lowest BCUT2D eigenvalue weighted by molar-refractivity contribution is -0.115. The van der Waals surface area contributed by atoms with Crippen molar-refractivity contribution in [2.45, 2.75) is 18.2 Å². The van der Waals surface area contributed by atoms with E-state index >= 15 is 0 Å². The second-order valence-electron chi connectivity index (χ2n) is 4.15. The highest BCUT2D eigenvalue weighted by Gasteiger charge is 2.07. The van der Waals surface area contributed by atoms with Gasteiger partial charge in [-0.15, -0.1) is 11.8 Å². The van der Waals surface area contributed by atoms with E-state index in [9.17, 15) is 9.18 Å². The van der Waals surface area contributed by atoms with Gasteiger partial charge in [-0.3, -0.25) is 4.79 Å². The zero-order chi connectivity index (χ0) is 14.5. The van der Waals surface area contributed by atoms with Crippen molar-refractivity contribution in [1.29, 1.82) is 0 Å². The lowest BCUT2D eigenvalue weighted by Crippen LogP contribution is -2.12. The topological polar surface area (TPSA) is 81.2 Å². The van der Waals surface area contributed by atoms with Crippen LogP contribution in [0.25, 0.3) is 0 Å². The van der Waals surface area contributed by atoms with Gasteiger partial charge in [0.05, 0.1) is 5.69 Å². The maximum Gasteiger partial charge on any atom is 0.226 e. The normalized spacial score (nSPS) is 10.5. The van der Waals surface area contributed by atoms with Crippen molar-refractivity contribution in [3.63, 3.8) is 0 Å². The van der Waals surface area contributed by atoms with Gasteiger partial charge in [-0.05, 0) is 25.1 Å². The molecule has 0 bridgehead atoms. The molecule has 0 aliphatic heterocycles. The Morgan fingerprint density at radius 2 is 2.30 bits per heavy atom. The van der Waals surface area contributed by atoms with Crippen LogP contribution >= 0.6 is 11.8 Å². The monoisotopic (exact) mass is 295 g/mol. The lowest BCUT2D eigenvalue weighted by Gasteiger charge is -2.03. The van der Waals surface area contributed by atoms with E-state index < -0.39 is 5.82 Å². The van der Waals surface area contributed by atoms with Gasteiger partial charge in [-0.25, -0.2) is 4.39 Å². The van der Waals surface area contributed by atoms with Crippen molar-refractivity contribution in [3.8, 4) is 0 Å². The molecule has 3 N–H and O–H groups in total. The lowest BCUT2D eigenvalue weighted by atomic mass is 10.3. The number of hydrogen-bond donors (Lipinski definition) is 2. The number of aromatic nitrogens is 1. The summed E-state index contributed by atoms with van der Waals surface area (Å²) in [7, 11) is 0. The molecular weight excluding hydrogens is 281 g/mol. The predicted octanol–water partition coefficient (Wildman–Crippen LogP) is 2.83. The molecule has 0 saturated heterocycles. The Kier molecular flexibility index (Phi) is 4.62. The number of hydrogen-bond acceptors (Lipinski definition) is 5. The molecule has 0 fully saturated rings. The van der Waals surface area contributed by atoms with Gasteiger partial charge in [-0.2, -0.15) is 0 Å². The molecule has 1 aromatic heterocycles. The summed E-state index contributed by atoms with van der Waals surface area (Å²) in [6, 6.07) is 6.23. The van der Waals surface area contributed by atoms with Crippen LogP contribution in [0.3, 0.4) is 0 Å². The van der Waals surface area contributed by atoms with Crippen LogP contribution in [0.1, 0.15) is 12.2 Å². The summed E-state index contributed by atoms with van der Waals surface area (Å²) in [6.45, 7) is 1.74. The SMILES string of the molecule is Cc1cc(NC(=O)CCSc2ccc(N)c(F)c2)no1. The Hall–Kier alpha value is -2.02. The first-order valence-corrected chi connectivity index (χ1v) is 6.94. The number of benzene rings is 1. The highest BCUT2D eigenvalue weighted by molar-refractivity contribution is 7.99. The van der Waals surface area contributed by atoms with E-state index in [1.807, 2.05) is 0 Å². The van der Waals surface area contributed by atoms with Crippen LogP contribution in [0.4, 0.5) is 15.9 Å². The summed E-state index contributed by atoms with van der Waals surface area (Å²) in [4.78, 5) is 12.4. The van der Waals surface area contributed by atoms with E-state index in [4.69, 9.17) is 10.3 Å². The number of aryl methyl sites for hydroxylation is 1. The molecule has 1 heterocycles. The average molecular weight is 295 g/mol. The number of anilines is 2. The van der Waals surface area contributed by atoms with Crippen LogP contribution in [0.15, 0.2) is 33.7 Å². The van der Waals surface area contributed by atoms with Gasteiger partial charge in [0.25, 0.3) is 0 Å². The summed E-state index contributed by atoms with van der Waals surface area (Å²) >= 11 is 1.39. The van der Waals surface area contributed by atoms with E-state index in [-0.39, 0.29) is 11.6 Å². The zero-order valence-corrected chi connectivity index (χ0v) is 11.7. The molecule has 2 aromatic rings. The van der Waals surface area contributed by atoms with Gasteiger partial charge in [0.2, 0.25) is 5.91 Å². The number of nitrogens with zero attached hydrogens (tertiary/aromatic N) is 1. The van der Waals surface area contributed by atoms with E-state index in [1.165, 1.54) is 23.9 Å². The Bertz CT molecular complexity index is 615. The van der Waals surface area contributed by atoms with Crippen LogP contribution < -0.4 is 11.1 Å². The fourth-order valence-corrected chi connectivity index (χ4v) is 2.36. The summed E-state index contributed by atoms with van der Waals surface area (Å²) in [6.07, 6.45) is 0.294. The molecule has 2 rings (SSSR count). The molecule has 1 aromatic carbocycles. The largest absolute Gasteiger partial charge is 0.396 e. The van der Waals surface area contributed by atoms with Crippen molar-refractivity contribution in [2.24, 2.45) is 0 Å². The predicted molar refractivity (Wildman–Crippen MR) is 76.0 cm³/mol. The number of amides is 1. The number of carbonyl (C=O) groups excluding carboxylic acids is 1. The fraction of sp³-hybridized carbons (Fsp3) is 0.231. The molecule has 0 aliphatic carbocycles. The van der Waals surface area contributed by atoms with E-state index in [2.05, 4.69) is 10.5 Å². The number of rotatable bonds is 5. The molecule has 0 radical (unpaired) electrons. The highest BCUT2D eigenvalue weighted by atomic mass is 32.2. The van der Waals surface area contributed by atoms with Gasteiger partial charge in [0.15, 0.2) is 5.82 Å². The Balaban J connectivity index is 1.77. The fourth-order valence-electron chi connectivity index (χ4n) is 1.49. The minimum atomic E-state index is -0.447. The molecule has 0 atom stereocenters. The first-order chi connectivity index (χ1) is 9.54. The first-order valence-electron chi connectivity index (χ1n) is 5.95. The number of thioether (sulfide) groups is 1. The molecule has 106 valence electrons. The number of nitrogens with two attached hydrogens (primary N) is 1. The third-order valence-corrected chi connectivity index (χ3v) is 3.46. The molecule has 5 nitrogen and oxygen atoms in total. The molecule has 0 unspecified atom stereocenters. The minimum Gasteiger partial charge on any atom is -0.396 e. The number of nitrogens with one attached hydrogen (secondary N) is 1. The summed E-state index contributed by atoms with van der Waals surface area (Å²) in [5.41, 5.74) is 5.51. The van der Waals surface area contributed by atoms with Crippen molar-refractivity contribution in [2.75, 3.05) is 16.8 Å². The van der Waals surface area contributed by atoms with Gasteiger partial charge in [0, 0.05) is 23.1 Å². The Morgan fingerprint density at radius 3 is 2.95 bits per heavy atom. The second-order valence-corrected chi connectivity index (χ2v) is 5.32. The second kappa shape index (κ2) is 6.42. The summed E-state index contributed by atoms with van der Waals surface area (Å²) in [5.74, 6) is 0.953. The average Bonchev–Trinajstić information content (AvgIpc) is 2.79. The highest BCUT2D eigenvalue weighted by Crippen LogP contribution is 2.22. The van der Waals surface area contributed by atoms with Gasteiger partial charge < -0.3 is 15.6 Å². The van der Waals surface area contributed by atoms with Crippen LogP contribution in [-0.4, -0.2) is 16.8 Å². The molecule has 0 spiro atoms. The van der Waals surface area contributed by atoms with Crippen LogP contribution in [0.2, 0.25) is 0 Å². The van der Waals surface area contributed by atoms with Crippen molar-refractivity contribution < 1.29 is 13.7 Å². The molecule has 1 amide bonds. The maximum absolute atomic E-state index is 13.2. The van der Waals surface area contributed by atoms with Crippen LogP contribution in [0.5, 0.6) is 0 Å². The smallest absolute Gasteiger partial charge is 0.226 e. The standard InChI is InChI=1S/C13H14FN3O2S/c1-8-6-12(17-19-8)16-13(18)4-5-20-9-2-3-11(15)10(14)7-9/h2-3,6-7H,4-5,15H2,1H3,(H,16,17,18). The maximum atomic E-state index is 13.2. The Labute approximate surface area is 119 Å². The third-order valence-electron chi connectivity index (χ3n) is 2.47. The van der Waals surface area contributed by atoms with Gasteiger partial charge in [-0.1, -0.05) is 5.16 Å². The van der Waals surface area contributed by atoms with Crippen molar-refractivity contribution >= 4 is 29.2 Å². The zero-order valence-electron chi connectivity index (χ0n) is 10.9. The first kappa shape index (κ1) is 14.4. The Morgan fingerprint density at radius 1 is 1.50 bits per heavy atom. The molecule has 0 aliphatic rings.